The second-order valence-corrected chi connectivity index (χ2v) is 3.55. The number of hydrogen-bond acceptors (Lipinski definition) is 6. The summed E-state index contributed by atoms with van der Waals surface area (Å²) >= 11 is 0. The molecule has 0 saturated carbocycles. The molecule has 19 heavy (non-hydrogen) atoms. The maximum atomic E-state index is 10.9. The highest BCUT2D eigenvalue weighted by Gasteiger charge is 1.97. The van der Waals surface area contributed by atoms with E-state index >= 15 is 0 Å². The minimum absolute atomic E-state index is 0.168. The van der Waals surface area contributed by atoms with Crippen molar-refractivity contribution in [3.8, 4) is 0 Å². The Labute approximate surface area is 105 Å². The van der Waals surface area contributed by atoms with E-state index in [2.05, 4.69) is 40.3 Å². The SMILES string of the molecule is O=c1[nH]cnc2[nH]ncc12.c1ncc2c[nH]nc2n1. The van der Waals surface area contributed by atoms with Crippen LogP contribution in [0, 0.1) is 0 Å². The van der Waals surface area contributed by atoms with Crippen molar-refractivity contribution in [2.24, 2.45) is 0 Å². The number of fused-ring (bicyclic) bond motifs is 2. The van der Waals surface area contributed by atoms with Crippen molar-refractivity contribution in [2.45, 2.75) is 0 Å². The topological polar surface area (TPSA) is 129 Å². The zero-order chi connectivity index (χ0) is 13.1. The van der Waals surface area contributed by atoms with Gasteiger partial charge in [0.2, 0.25) is 0 Å². The highest BCUT2D eigenvalue weighted by atomic mass is 16.1. The van der Waals surface area contributed by atoms with Crippen LogP contribution in [0.2, 0.25) is 0 Å². The number of nitrogens with zero attached hydrogens (tertiary/aromatic N) is 5. The summed E-state index contributed by atoms with van der Waals surface area (Å²) in [4.78, 5) is 24.8. The van der Waals surface area contributed by atoms with Gasteiger partial charge in [-0.3, -0.25) is 15.0 Å². The fourth-order valence-electron chi connectivity index (χ4n) is 1.47. The van der Waals surface area contributed by atoms with E-state index in [1.807, 2.05) is 0 Å². The molecule has 4 heterocycles. The molecule has 4 aromatic rings. The van der Waals surface area contributed by atoms with E-state index in [-0.39, 0.29) is 5.56 Å². The normalized spacial score (nSPS) is 10.3. The fourth-order valence-corrected chi connectivity index (χ4v) is 1.47. The van der Waals surface area contributed by atoms with E-state index in [0.717, 1.165) is 5.39 Å². The van der Waals surface area contributed by atoms with Gasteiger partial charge in [-0.2, -0.15) is 10.2 Å². The number of nitrogens with one attached hydrogen (secondary N) is 3. The van der Waals surface area contributed by atoms with Gasteiger partial charge in [0.1, 0.15) is 11.7 Å². The highest BCUT2D eigenvalue weighted by molar-refractivity contribution is 5.72. The third-order valence-electron chi connectivity index (χ3n) is 2.36. The first kappa shape index (κ1) is 11.0. The van der Waals surface area contributed by atoms with E-state index < -0.39 is 0 Å². The molecule has 0 aliphatic heterocycles. The van der Waals surface area contributed by atoms with E-state index in [1.54, 1.807) is 12.4 Å². The molecule has 0 spiro atoms. The Morgan fingerprint density at radius 3 is 2.95 bits per heavy atom. The van der Waals surface area contributed by atoms with Gasteiger partial charge in [-0.25, -0.2) is 15.0 Å². The molecule has 0 amide bonds. The maximum Gasteiger partial charge on any atom is 0.261 e. The first-order valence-corrected chi connectivity index (χ1v) is 5.31. The predicted octanol–water partition coefficient (Wildman–Crippen LogP) is -0.000900. The van der Waals surface area contributed by atoms with E-state index in [0.29, 0.717) is 16.7 Å². The van der Waals surface area contributed by atoms with Gasteiger partial charge in [0.05, 0.1) is 17.9 Å². The molecule has 9 nitrogen and oxygen atoms in total. The van der Waals surface area contributed by atoms with Crippen molar-refractivity contribution < 1.29 is 0 Å². The molecule has 0 bridgehead atoms. The maximum absolute atomic E-state index is 10.9. The summed E-state index contributed by atoms with van der Waals surface area (Å²) in [6.45, 7) is 0. The van der Waals surface area contributed by atoms with Gasteiger partial charge in [-0.05, 0) is 0 Å². The van der Waals surface area contributed by atoms with Crippen LogP contribution in [0.15, 0.2) is 36.0 Å². The summed E-state index contributed by atoms with van der Waals surface area (Å²) in [5, 5.41) is 14.2. The quantitative estimate of drug-likeness (QED) is 0.406. The number of H-pyrrole nitrogens is 3. The Hall–Kier alpha value is -3.10. The van der Waals surface area contributed by atoms with Crippen molar-refractivity contribution in [2.75, 3.05) is 0 Å². The second-order valence-electron chi connectivity index (χ2n) is 3.55. The molecule has 4 aromatic heterocycles. The molecule has 0 saturated heterocycles. The van der Waals surface area contributed by atoms with Gasteiger partial charge in [0, 0.05) is 12.4 Å². The summed E-state index contributed by atoms with van der Waals surface area (Å²) < 4.78 is 0. The smallest absolute Gasteiger partial charge is 0.261 e. The van der Waals surface area contributed by atoms with E-state index in [4.69, 9.17) is 0 Å². The Morgan fingerprint density at radius 1 is 1.16 bits per heavy atom. The first-order valence-electron chi connectivity index (χ1n) is 5.31. The average Bonchev–Trinajstić information content (AvgIpc) is 3.08. The van der Waals surface area contributed by atoms with Gasteiger partial charge >= 0.3 is 0 Å². The van der Waals surface area contributed by atoms with Crippen LogP contribution >= 0.6 is 0 Å². The molecule has 0 aliphatic rings. The third-order valence-corrected chi connectivity index (χ3v) is 2.36. The number of aromatic amines is 3. The van der Waals surface area contributed by atoms with Crippen molar-refractivity contribution >= 4 is 22.1 Å². The summed E-state index contributed by atoms with van der Waals surface area (Å²) in [5.74, 6) is 0. The zero-order valence-electron chi connectivity index (χ0n) is 9.53. The lowest BCUT2D eigenvalue weighted by molar-refractivity contribution is 1.08. The van der Waals surface area contributed by atoms with Gasteiger partial charge in [-0.15, -0.1) is 0 Å². The third kappa shape index (κ3) is 2.16. The largest absolute Gasteiger partial charge is 0.312 e. The van der Waals surface area contributed by atoms with Crippen LogP contribution in [0.4, 0.5) is 0 Å². The summed E-state index contributed by atoms with van der Waals surface area (Å²) in [6, 6.07) is 0. The zero-order valence-corrected chi connectivity index (χ0v) is 9.53. The Morgan fingerprint density at radius 2 is 2.11 bits per heavy atom. The number of rotatable bonds is 0. The summed E-state index contributed by atoms with van der Waals surface area (Å²) in [5.41, 5.74) is 1.06. The van der Waals surface area contributed by atoms with Crippen LogP contribution in [-0.2, 0) is 0 Å². The Balaban J connectivity index is 0.000000117. The van der Waals surface area contributed by atoms with Crippen LogP contribution in [0.25, 0.3) is 22.1 Å². The standard InChI is InChI=1S/C5H4N4O.C5H4N4/c10-5-3-1-8-9-4(3)6-2-7-5;1-4-2-8-9-5(4)7-3-6-1/h1-2H,(H2,6,7,8,9,10);1-3H,(H,6,7,8,9). The van der Waals surface area contributed by atoms with Gasteiger partial charge in [0.15, 0.2) is 11.3 Å². The van der Waals surface area contributed by atoms with Gasteiger partial charge in [0.25, 0.3) is 5.56 Å². The van der Waals surface area contributed by atoms with E-state index in [1.165, 1.54) is 18.9 Å². The van der Waals surface area contributed by atoms with Crippen molar-refractivity contribution in [1.29, 1.82) is 0 Å². The first-order chi connectivity index (χ1) is 9.34. The second kappa shape index (κ2) is 4.64. The Kier molecular flexibility index (Phi) is 2.69. The van der Waals surface area contributed by atoms with Crippen molar-refractivity contribution in [3.05, 3.63) is 41.6 Å². The lowest BCUT2D eigenvalue weighted by Crippen LogP contribution is -2.04. The number of hydrogen-bond donors (Lipinski definition) is 3. The Bertz CT molecular complexity index is 830. The molecule has 0 aromatic carbocycles. The monoisotopic (exact) mass is 256 g/mol. The molecular formula is C10H8N8O. The van der Waals surface area contributed by atoms with Crippen LogP contribution in [0.1, 0.15) is 0 Å². The van der Waals surface area contributed by atoms with Crippen molar-refractivity contribution in [1.82, 2.24) is 40.3 Å². The molecule has 3 N–H and O–H groups in total. The molecule has 0 fully saturated rings. The van der Waals surface area contributed by atoms with Gasteiger partial charge in [-0.1, -0.05) is 0 Å². The lowest BCUT2D eigenvalue weighted by Gasteiger charge is -1.81. The van der Waals surface area contributed by atoms with Crippen LogP contribution in [-0.4, -0.2) is 40.3 Å². The van der Waals surface area contributed by atoms with Gasteiger partial charge < -0.3 is 4.98 Å². The predicted molar refractivity (Wildman–Crippen MR) is 66.2 cm³/mol. The fraction of sp³-hybridized carbons (Fsp3) is 0. The molecule has 4 rings (SSSR count). The average molecular weight is 256 g/mol. The molecule has 0 radical (unpaired) electrons. The minimum atomic E-state index is -0.168. The highest BCUT2D eigenvalue weighted by Crippen LogP contribution is 2.01. The molecular weight excluding hydrogens is 248 g/mol. The van der Waals surface area contributed by atoms with Crippen LogP contribution in [0.5, 0.6) is 0 Å². The molecule has 94 valence electrons. The number of aromatic nitrogens is 8. The minimum Gasteiger partial charge on any atom is -0.312 e. The van der Waals surface area contributed by atoms with E-state index in [9.17, 15) is 4.79 Å². The van der Waals surface area contributed by atoms with Crippen LogP contribution in [0.3, 0.4) is 0 Å². The summed E-state index contributed by atoms with van der Waals surface area (Å²) in [7, 11) is 0. The summed E-state index contributed by atoms with van der Waals surface area (Å²) in [6.07, 6.45) is 7.73. The molecule has 9 heteroatoms. The van der Waals surface area contributed by atoms with Crippen molar-refractivity contribution in [3.63, 3.8) is 0 Å². The lowest BCUT2D eigenvalue weighted by atomic mass is 10.4. The molecule has 0 unspecified atom stereocenters. The van der Waals surface area contributed by atoms with Crippen LogP contribution < -0.4 is 5.56 Å². The molecule has 0 atom stereocenters. The molecule has 0 aliphatic carbocycles.